The molecule has 0 radical (unpaired) electrons. The smallest absolute Gasteiger partial charge is 0.217 e. The van der Waals surface area contributed by atoms with Crippen LogP contribution in [-0.2, 0) is 6.42 Å². The number of rotatable bonds is 0. The second-order valence-corrected chi connectivity index (χ2v) is 4.13. The van der Waals surface area contributed by atoms with Gasteiger partial charge in [0.25, 0.3) is 0 Å². The molecule has 1 aliphatic rings. The van der Waals surface area contributed by atoms with Crippen molar-refractivity contribution >= 4 is 22.3 Å². The Morgan fingerprint density at radius 1 is 1.31 bits per heavy atom. The van der Waals surface area contributed by atoms with Crippen molar-refractivity contribution in [2.75, 3.05) is 18.1 Å². The van der Waals surface area contributed by atoms with Gasteiger partial charge in [0.1, 0.15) is 0 Å². The maximum atomic E-state index is 6.02. The van der Waals surface area contributed by atoms with Crippen molar-refractivity contribution in [1.82, 2.24) is 4.98 Å². The summed E-state index contributed by atoms with van der Waals surface area (Å²) < 4.78 is 5.43. The third-order valence-electron chi connectivity index (χ3n) is 3.10. The van der Waals surface area contributed by atoms with Crippen LogP contribution in [0.2, 0.25) is 0 Å². The van der Waals surface area contributed by atoms with Crippen LogP contribution in [0.15, 0.2) is 12.1 Å². The molecule has 1 aromatic carbocycles. The number of hydrogen-bond donors (Lipinski definition) is 2. The lowest BCUT2D eigenvalue weighted by Crippen LogP contribution is -1.99. The molecule has 0 bridgehead atoms. The predicted molar refractivity (Wildman–Crippen MR) is 64.5 cm³/mol. The highest BCUT2D eigenvalue weighted by Gasteiger charge is 2.16. The molecule has 1 aromatic heterocycles. The Hall–Kier alpha value is -1.97. The monoisotopic (exact) mass is 215 g/mol. The fourth-order valence-corrected chi connectivity index (χ4v) is 2.05. The summed E-state index contributed by atoms with van der Waals surface area (Å²) in [4.78, 5) is 4.45. The van der Waals surface area contributed by atoms with Crippen LogP contribution in [0.3, 0.4) is 0 Å². The van der Waals surface area contributed by atoms with E-state index in [1.807, 2.05) is 13.0 Å². The van der Waals surface area contributed by atoms with E-state index in [0.717, 1.165) is 28.5 Å². The quantitative estimate of drug-likeness (QED) is 0.655. The number of nitrogens with two attached hydrogens (primary N) is 2. The summed E-state index contributed by atoms with van der Waals surface area (Å²) in [6.45, 7) is 2.60. The number of anilines is 2. The molecule has 0 fully saturated rings. The number of benzene rings is 1. The summed E-state index contributed by atoms with van der Waals surface area (Å²) in [5.41, 5.74) is 16.1. The van der Waals surface area contributed by atoms with Gasteiger partial charge in [0.05, 0.1) is 17.8 Å². The standard InChI is InChI=1S/C12H13N3O/c1-6-9(13)5-8-4-7-2-3-16-12(7)15-11(8)10(6)14/h4-5H,2-3,13-14H2,1H3. The first-order valence-corrected chi connectivity index (χ1v) is 5.28. The van der Waals surface area contributed by atoms with Crippen molar-refractivity contribution in [1.29, 1.82) is 0 Å². The molecule has 0 atom stereocenters. The molecule has 16 heavy (non-hydrogen) atoms. The molecule has 2 heterocycles. The predicted octanol–water partition coefficient (Wildman–Crippen LogP) is 1.64. The summed E-state index contributed by atoms with van der Waals surface area (Å²) in [5, 5.41) is 0.991. The second-order valence-electron chi connectivity index (χ2n) is 4.13. The minimum atomic E-state index is 0.647. The number of hydrogen-bond acceptors (Lipinski definition) is 4. The Bertz CT molecular complexity index is 593. The molecule has 2 aromatic rings. The molecule has 0 aliphatic carbocycles. The lowest BCUT2D eigenvalue weighted by atomic mass is 10.1. The first-order valence-electron chi connectivity index (χ1n) is 5.28. The van der Waals surface area contributed by atoms with Crippen LogP contribution in [0.5, 0.6) is 5.88 Å². The largest absolute Gasteiger partial charge is 0.477 e. The Morgan fingerprint density at radius 2 is 2.12 bits per heavy atom. The van der Waals surface area contributed by atoms with Crippen LogP contribution < -0.4 is 16.2 Å². The number of nitrogens with zero attached hydrogens (tertiary/aromatic N) is 1. The molecule has 3 rings (SSSR count). The molecule has 0 saturated carbocycles. The molecule has 4 N–H and O–H groups in total. The Morgan fingerprint density at radius 3 is 2.94 bits per heavy atom. The van der Waals surface area contributed by atoms with Gasteiger partial charge in [-0.15, -0.1) is 0 Å². The summed E-state index contributed by atoms with van der Waals surface area (Å²) in [7, 11) is 0. The zero-order valence-corrected chi connectivity index (χ0v) is 9.08. The van der Waals surface area contributed by atoms with E-state index >= 15 is 0 Å². The molecule has 1 aliphatic heterocycles. The molecule has 82 valence electrons. The maximum Gasteiger partial charge on any atom is 0.217 e. The fraction of sp³-hybridized carbons (Fsp3) is 0.250. The number of aromatic nitrogens is 1. The number of pyridine rings is 1. The van der Waals surface area contributed by atoms with Crippen LogP contribution in [0.25, 0.3) is 10.9 Å². The molecular formula is C12H13N3O. The highest BCUT2D eigenvalue weighted by molar-refractivity contribution is 5.95. The minimum absolute atomic E-state index is 0.647. The van der Waals surface area contributed by atoms with E-state index in [1.165, 1.54) is 0 Å². The second kappa shape index (κ2) is 3.01. The van der Waals surface area contributed by atoms with Gasteiger partial charge in [-0.2, -0.15) is 0 Å². The van der Waals surface area contributed by atoms with E-state index in [-0.39, 0.29) is 0 Å². The molecular weight excluding hydrogens is 202 g/mol. The van der Waals surface area contributed by atoms with Gasteiger partial charge in [-0.1, -0.05) is 0 Å². The summed E-state index contributed by atoms with van der Waals surface area (Å²) in [6, 6.07) is 3.99. The van der Waals surface area contributed by atoms with E-state index < -0.39 is 0 Å². The van der Waals surface area contributed by atoms with E-state index in [0.29, 0.717) is 23.9 Å². The number of ether oxygens (including phenoxy) is 1. The van der Waals surface area contributed by atoms with Crippen molar-refractivity contribution < 1.29 is 4.74 Å². The number of fused-ring (bicyclic) bond motifs is 2. The van der Waals surface area contributed by atoms with Crippen molar-refractivity contribution in [3.05, 3.63) is 23.3 Å². The minimum Gasteiger partial charge on any atom is -0.477 e. The van der Waals surface area contributed by atoms with Crippen molar-refractivity contribution in [3.63, 3.8) is 0 Å². The van der Waals surface area contributed by atoms with Crippen molar-refractivity contribution in [2.24, 2.45) is 0 Å². The van der Waals surface area contributed by atoms with Crippen LogP contribution in [0, 0.1) is 6.92 Å². The summed E-state index contributed by atoms with van der Waals surface area (Å²) in [6.07, 6.45) is 0.909. The van der Waals surface area contributed by atoms with Gasteiger partial charge in [-0.3, -0.25) is 0 Å². The van der Waals surface area contributed by atoms with E-state index in [1.54, 1.807) is 0 Å². The van der Waals surface area contributed by atoms with Gasteiger partial charge < -0.3 is 16.2 Å². The average Bonchev–Trinajstić information content (AvgIpc) is 2.71. The first-order chi connectivity index (χ1) is 7.66. The van der Waals surface area contributed by atoms with Crippen LogP contribution in [0.1, 0.15) is 11.1 Å². The average molecular weight is 215 g/mol. The van der Waals surface area contributed by atoms with Gasteiger partial charge in [-0.25, -0.2) is 4.98 Å². The maximum absolute atomic E-state index is 6.02. The first kappa shape index (κ1) is 9.27. The van der Waals surface area contributed by atoms with Crippen LogP contribution in [0.4, 0.5) is 11.4 Å². The molecule has 0 spiro atoms. The molecule has 0 saturated heterocycles. The van der Waals surface area contributed by atoms with Crippen molar-refractivity contribution in [2.45, 2.75) is 13.3 Å². The van der Waals surface area contributed by atoms with Gasteiger partial charge in [0.15, 0.2) is 0 Å². The third kappa shape index (κ3) is 1.13. The SMILES string of the molecule is Cc1c(N)cc2cc3c(nc2c1N)OCC3. The van der Waals surface area contributed by atoms with Crippen LogP contribution in [-0.4, -0.2) is 11.6 Å². The highest BCUT2D eigenvalue weighted by Crippen LogP contribution is 2.33. The van der Waals surface area contributed by atoms with Crippen molar-refractivity contribution in [3.8, 4) is 5.88 Å². The Balaban J connectivity index is 2.40. The zero-order valence-electron chi connectivity index (χ0n) is 9.08. The molecule has 4 heteroatoms. The molecule has 4 nitrogen and oxygen atoms in total. The number of nitrogen functional groups attached to an aromatic ring is 2. The summed E-state index contributed by atoms with van der Waals surface area (Å²) in [5.74, 6) is 0.711. The fourth-order valence-electron chi connectivity index (χ4n) is 2.05. The molecule has 0 amide bonds. The normalized spacial score (nSPS) is 13.8. The van der Waals surface area contributed by atoms with Gasteiger partial charge in [0.2, 0.25) is 5.88 Å². The van der Waals surface area contributed by atoms with Crippen LogP contribution >= 0.6 is 0 Å². The van der Waals surface area contributed by atoms with Gasteiger partial charge >= 0.3 is 0 Å². The lowest BCUT2D eigenvalue weighted by molar-refractivity contribution is 0.346. The zero-order chi connectivity index (χ0) is 11.3. The lowest BCUT2D eigenvalue weighted by Gasteiger charge is -2.09. The third-order valence-corrected chi connectivity index (χ3v) is 3.10. The Labute approximate surface area is 93.2 Å². The highest BCUT2D eigenvalue weighted by atomic mass is 16.5. The van der Waals surface area contributed by atoms with E-state index in [2.05, 4.69) is 11.1 Å². The summed E-state index contributed by atoms with van der Waals surface area (Å²) >= 11 is 0. The van der Waals surface area contributed by atoms with Gasteiger partial charge in [-0.05, 0) is 24.6 Å². The van der Waals surface area contributed by atoms with E-state index in [9.17, 15) is 0 Å². The topological polar surface area (TPSA) is 74.2 Å². The van der Waals surface area contributed by atoms with Gasteiger partial charge in [0, 0.05) is 23.1 Å². The van der Waals surface area contributed by atoms with E-state index in [4.69, 9.17) is 16.2 Å². The molecule has 0 unspecified atom stereocenters. The Kier molecular flexibility index (Phi) is 1.74.